The van der Waals surface area contributed by atoms with Crippen molar-refractivity contribution in [1.82, 2.24) is 29.4 Å². The second-order valence-electron chi connectivity index (χ2n) is 5.86. The number of hydrogen-bond donors (Lipinski definition) is 0. The molecule has 0 atom stereocenters. The lowest BCUT2D eigenvalue weighted by Gasteiger charge is -2.01. The molecule has 0 aliphatic heterocycles. The highest BCUT2D eigenvalue weighted by molar-refractivity contribution is 5.98. The Hall–Kier alpha value is -3.29. The van der Waals surface area contributed by atoms with Gasteiger partial charge in [0.2, 0.25) is 0 Å². The minimum absolute atomic E-state index is 0.187. The average Bonchev–Trinajstić information content (AvgIpc) is 3.18. The summed E-state index contributed by atoms with van der Waals surface area (Å²) in [7, 11) is 1.84. The fraction of sp³-hybridized carbons (Fsp3) is 0.235. The molecule has 0 saturated heterocycles. The summed E-state index contributed by atoms with van der Waals surface area (Å²) >= 11 is 0. The van der Waals surface area contributed by atoms with Crippen LogP contribution in [0.3, 0.4) is 0 Å². The van der Waals surface area contributed by atoms with Crippen molar-refractivity contribution in [2.45, 2.75) is 20.5 Å². The van der Waals surface area contributed by atoms with Crippen LogP contribution in [0, 0.1) is 6.92 Å². The van der Waals surface area contributed by atoms with Gasteiger partial charge < -0.3 is 4.84 Å². The molecule has 0 aliphatic carbocycles. The average molecular weight is 335 g/mol. The van der Waals surface area contributed by atoms with Gasteiger partial charge in [0.1, 0.15) is 6.33 Å². The van der Waals surface area contributed by atoms with Crippen LogP contribution in [0.2, 0.25) is 0 Å². The number of aryl methyl sites for hydroxylation is 2. The molecule has 1 aromatic carbocycles. The summed E-state index contributed by atoms with van der Waals surface area (Å²) in [6.07, 6.45) is 3.35. The second kappa shape index (κ2) is 5.97. The summed E-state index contributed by atoms with van der Waals surface area (Å²) < 4.78 is 3.33. The molecule has 8 heteroatoms. The first kappa shape index (κ1) is 15.3. The Morgan fingerprint density at radius 3 is 2.80 bits per heavy atom. The molecule has 0 aliphatic rings. The molecule has 0 amide bonds. The predicted octanol–water partition coefficient (Wildman–Crippen LogP) is 2.26. The molecule has 126 valence electrons. The Labute approximate surface area is 143 Å². The van der Waals surface area contributed by atoms with Crippen LogP contribution in [0.4, 0.5) is 0 Å². The van der Waals surface area contributed by atoms with Crippen LogP contribution in [-0.2, 0) is 18.5 Å². The SMILES string of the molecule is CC(=NOCc1nc2c3cnn(C)c3ncn2n1)c1ccc(C)cc1. The molecule has 3 aromatic heterocycles. The summed E-state index contributed by atoms with van der Waals surface area (Å²) in [5.74, 6) is 0.540. The second-order valence-corrected chi connectivity index (χ2v) is 5.86. The molecule has 0 unspecified atom stereocenters. The van der Waals surface area contributed by atoms with E-state index in [4.69, 9.17) is 4.84 Å². The third-order valence-corrected chi connectivity index (χ3v) is 3.98. The van der Waals surface area contributed by atoms with E-state index in [1.165, 1.54) is 5.56 Å². The van der Waals surface area contributed by atoms with E-state index < -0.39 is 0 Å². The molecular formula is C17H17N7O. The van der Waals surface area contributed by atoms with Crippen LogP contribution in [0.5, 0.6) is 0 Å². The zero-order valence-corrected chi connectivity index (χ0v) is 14.2. The van der Waals surface area contributed by atoms with Crippen molar-refractivity contribution < 1.29 is 4.84 Å². The molecule has 4 rings (SSSR count). The van der Waals surface area contributed by atoms with E-state index in [1.54, 1.807) is 21.7 Å². The Balaban J connectivity index is 1.54. The molecule has 0 fully saturated rings. The molecule has 8 nitrogen and oxygen atoms in total. The Kier molecular flexibility index (Phi) is 3.64. The van der Waals surface area contributed by atoms with Gasteiger partial charge in [-0.25, -0.2) is 14.5 Å². The van der Waals surface area contributed by atoms with Crippen LogP contribution in [0.25, 0.3) is 16.7 Å². The predicted molar refractivity (Wildman–Crippen MR) is 93.2 cm³/mol. The summed E-state index contributed by atoms with van der Waals surface area (Å²) in [5, 5.41) is 13.6. The lowest BCUT2D eigenvalue weighted by atomic mass is 10.1. The maximum Gasteiger partial charge on any atom is 0.192 e. The lowest BCUT2D eigenvalue weighted by Crippen LogP contribution is -1.98. The maximum atomic E-state index is 5.42. The number of aromatic nitrogens is 6. The summed E-state index contributed by atoms with van der Waals surface area (Å²) in [5.41, 5.74) is 4.51. The van der Waals surface area contributed by atoms with Crippen molar-refractivity contribution >= 4 is 22.4 Å². The smallest absolute Gasteiger partial charge is 0.192 e. The highest BCUT2D eigenvalue weighted by Gasteiger charge is 2.11. The summed E-state index contributed by atoms with van der Waals surface area (Å²) in [4.78, 5) is 14.3. The van der Waals surface area contributed by atoms with Gasteiger partial charge in [0.15, 0.2) is 23.7 Å². The molecule has 25 heavy (non-hydrogen) atoms. The third-order valence-electron chi connectivity index (χ3n) is 3.98. The van der Waals surface area contributed by atoms with Gasteiger partial charge in [0, 0.05) is 7.05 Å². The van der Waals surface area contributed by atoms with Gasteiger partial charge in [-0.3, -0.25) is 4.68 Å². The van der Waals surface area contributed by atoms with Gasteiger partial charge >= 0.3 is 0 Å². The first-order chi connectivity index (χ1) is 12.1. The van der Waals surface area contributed by atoms with Crippen molar-refractivity contribution in [2.75, 3.05) is 0 Å². The van der Waals surface area contributed by atoms with E-state index in [0.717, 1.165) is 22.3 Å². The first-order valence-electron chi connectivity index (χ1n) is 7.87. The van der Waals surface area contributed by atoms with Gasteiger partial charge in [0.05, 0.1) is 17.3 Å². The van der Waals surface area contributed by atoms with Gasteiger partial charge in [-0.05, 0) is 19.4 Å². The van der Waals surface area contributed by atoms with E-state index in [1.807, 2.05) is 38.2 Å². The van der Waals surface area contributed by atoms with Crippen LogP contribution in [0.15, 0.2) is 41.9 Å². The number of rotatable bonds is 4. The fourth-order valence-electron chi connectivity index (χ4n) is 2.58. The summed E-state index contributed by atoms with van der Waals surface area (Å²) in [6.45, 7) is 4.15. The first-order valence-corrected chi connectivity index (χ1v) is 7.87. The van der Waals surface area contributed by atoms with Gasteiger partial charge in [0.25, 0.3) is 0 Å². The molecule has 0 saturated carbocycles. The van der Waals surface area contributed by atoms with E-state index in [0.29, 0.717) is 11.5 Å². The van der Waals surface area contributed by atoms with E-state index in [-0.39, 0.29) is 6.61 Å². The number of oxime groups is 1. The lowest BCUT2D eigenvalue weighted by molar-refractivity contribution is 0.125. The third kappa shape index (κ3) is 2.82. The zero-order chi connectivity index (χ0) is 17.4. The largest absolute Gasteiger partial charge is 0.387 e. The van der Waals surface area contributed by atoms with Gasteiger partial charge in [-0.15, -0.1) is 5.10 Å². The molecule has 0 bridgehead atoms. The molecular weight excluding hydrogens is 318 g/mol. The fourth-order valence-corrected chi connectivity index (χ4v) is 2.58. The van der Waals surface area contributed by atoms with Crippen molar-refractivity contribution in [1.29, 1.82) is 0 Å². The Bertz CT molecular complexity index is 1080. The highest BCUT2D eigenvalue weighted by atomic mass is 16.6. The zero-order valence-electron chi connectivity index (χ0n) is 14.2. The van der Waals surface area contributed by atoms with E-state index >= 15 is 0 Å². The summed E-state index contributed by atoms with van der Waals surface area (Å²) in [6, 6.07) is 8.13. The topological polar surface area (TPSA) is 82.5 Å². The van der Waals surface area contributed by atoms with E-state index in [9.17, 15) is 0 Å². The van der Waals surface area contributed by atoms with Crippen molar-refractivity contribution in [3.63, 3.8) is 0 Å². The molecule has 3 heterocycles. The van der Waals surface area contributed by atoms with Crippen molar-refractivity contribution in [2.24, 2.45) is 12.2 Å². The quantitative estimate of drug-likeness (QED) is 0.422. The Morgan fingerprint density at radius 2 is 2.00 bits per heavy atom. The minimum atomic E-state index is 0.187. The highest BCUT2D eigenvalue weighted by Crippen LogP contribution is 2.15. The molecule has 4 aromatic rings. The van der Waals surface area contributed by atoms with Crippen molar-refractivity contribution in [3.8, 4) is 0 Å². The standard InChI is InChI=1S/C17H17N7O/c1-11-4-6-13(7-5-11)12(2)22-25-9-15-20-17-14-8-19-23(3)16(14)18-10-24(17)21-15/h4-8,10H,9H2,1-3H3. The van der Waals surface area contributed by atoms with Crippen LogP contribution < -0.4 is 0 Å². The number of benzene rings is 1. The molecule has 0 spiro atoms. The van der Waals surface area contributed by atoms with E-state index in [2.05, 4.69) is 32.2 Å². The Morgan fingerprint density at radius 1 is 1.20 bits per heavy atom. The van der Waals surface area contributed by atoms with Crippen molar-refractivity contribution in [3.05, 3.63) is 53.7 Å². The normalized spacial score (nSPS) is 12.2. The number of nitrogens with zero attached hydrogens (tertiary/aromatic N) is 7. The van der Waals surface area contributed by atoms with Crippen LogP contribution in [0.1, 0.15) is 23.9 Å². The van der Waals surface area contributed by atoms with Gasteiger partial charge in [-0.1, -0.05) is 35.0 Å². The molecule has 0 N–H and O–H groups in total. The number of hydrogen-bond acceptors (Lipinski definition) is 6. The monoisotopic (exact) mass is 335 g/mol. The maximum absolute atomic E-state index is 5.42. The van der Waals surface area contributed by atoms with Crippen LogP contribution in [-0.4, -0.2) is 35.1 Å². The molecule has 0 radical (unpaired) electrons. The minimum Gasteiger partial charge on any atom is -0.387 e. The number of fused-ring (bicyclic) bond motifs is 3. The van der Waals surface area contributed by atoms with Gasteiger partial charge in [-0.2, -0.15) is 5.10 Å². The van der Waals surface area contributed by atoms with Crippen LogP contribution >= 0.6 is 0 Å².